The minimum atomic E-state index is 0.0524. The van der Waals surface area contributed by atoms with Crippen LogP contribution < -0.4 is 5.73 Å². The molecule has 2 N–H and O–H groups in total. The van der Waals surface area contributed by atoms with Gasteiger partial charge in [0, 0.05) is 30.2 Å². The molecule has 1 unspecified atom stereocenters. The predicted molar refractivity (Wildman–Crippen MR) is 78.1 cm³/mol. The molecule has 4 heteroatoms. The number of anilines is 1. The number of nitrogens with two attached hydrogens (primary N) is 1. The Kier molecular flexibility index (Phi) is 3.37. The van der Waals surface area contributed by atoms with Gasteiger partial charge in [0.25, 0.3) is 5.91 Å². The van der Waals surface area contributed by atoms with Crippen LogP contribution >= 0.6 is 0 Å². The molecule has 0 spiro atoms. The number of carbonyl (C=O) groups is 1. The third-order valence-corrected chi connectivity index (χ3v) is 3.74. The minimum absolute atomic E-state index is 0.0524. The molecule has 0 saturated carbocycles. The summed E-state index contributed by atoms with van der Waals surface area (Å²) in [6, 6.07) is 11.3. The van der Waals surface area contributed by atoms with Gasteiger partial charge in [0.15, 0.2) is 0 Å². The van der Waals surface area contributed by atoms with Gasteiger partial charge in [0.2, 0.25) is 0 Å². The summed E-state index contributed by atoms with van der Waals surface area (Å²) in [5.74, 6) is 0.0524. The average molecular weight is 267 g/mol. The van der Waals surface area contributed by atoms with Crippen LogP contribution in [-0.2, 0) is 0 Å². The monoisotopic (exact) mass is 267 g/mol. The van der Waals surface area contributed by atoms with E-state index in [9.17, 15) is 4.79 Å². The van der Waals surface area contributed by atoms with Crippen LogP contribution in [0.15, 0.2) is 48.8 Å². The summed E-state index contributed by atoms with van der Waals surface area (Å²) in [6.45, 7) is 0.792. The normalized spacial score (nSPS) is 18.2. The third-order valence-electron chi connectivity index (χ3n) is 3.74. The number of aromatic nitrogens is 1. The second-order valence-corrected chi connectivity index (χ2v) is 5.06. The zero-order valence-corrected chi connectivity index (χ0v) is 11.2. The molecule has 1 aliphatic rings. The highest BCUT2D eigenvalue weighted by atomic mass is 16.2. The number of nitrogens with zero attached hydrogens (tertiary/aromatic N) is 2. The first-order valence-corrected chi connectivity index (χ1v) is 6.82. The first kappa shape index (κ1) is 12.7. The quantitative estimate of drug-likeness (QED) is 0.851. The Morgan fingerprint density at radius 2 is 2.05 bits per heavy atom. The van der Waals surface area contributed by atoms with Gasteiger partial charge in [-0.3, -0.25) is 9.78 Å². The van der Waals surface area contributed by atoms with E-state index in [1.807, 2.05) is 29.2 Å². The Labute approximate surface area is 118 Å². The Morgan fingerprint density at radius 1 is 1.25 bits per heavy atom. The summed E-state index contributed by atoms with van der Waals surface area (Å²) in [5, 5.41) is 0. The molecule has 1 aromatic carbocycles. The fourth-order valence-electron chi connectivity index (χ4n) is 2.78. The van der Waals surface area contributed by atoms with Crippen LogP contribution in [-0.4, -0.2) is 22.3 Å². The lowest BCUT2D eigenvalue weighted by Gasteiger charge is -2.25. The van der Waals surface area contributed by atoms with Crippen LogP contribution in [0.1, 0.15) is 34.8 Å². The molecule has 3 rings (SSSR count). The lowest BCUT2D eigenvalue weighted by Crippen LogP contribution is -2.30. The van der Waals surface area contributed by atoms with E-state index in [2.05, 4.69) is 4.98 Å². The molecule has 1 atom stereocenters. The van der Waals surface area contributed by atoms with Gasteiger partial charge >= 0.3 is 0 Å². The zero-order chi connectivity index (χ0) is 13.9. The molecule has 2 aromatic rings. The SMILES string of the molecule is Nc1cccc(C(=O)N2CCCC2c2ccncc2)c1. The number of amides is 1. The van der Waals surface area contributed by atoms with Crippen LogP contribution in [0.2, 0.25) is 0 Å². The van der Waals surface area contributed by atoms with Crippen molar-refractivity contribution >= 4 is 11.6 Å². The number of hydrogen-bond donors (Lipinski definition) is 1. The van der Waals surface area contributed by atoms with E-state index in [0.717, 1.165) is 24.9 Å². The van der Waals surface area contributed by atoms with Gasteiger partial charge in [0.05, 0.1) is 6.04 Å². The molecule has 20 heavy (non-hydrogen) atoms. The Morgan fingerprint density at radius 3 is 2.80 bits per heavy atom. The minimum Gasteiger partial charge on any atom is -0.399 e. The molecule has 1 amide bonds. The van der Waals surface area contributed by atoms with Crippen LogP contribution in [0.5, 0.6) is 0 Å². The first-order chi connectivity index (χ1) is 9.75. The lowest BCUT2D eigenvalue weighted by atomic mass is 10.1. The van der Waals surface area contributed by atoms with Crippen molar-refractivity contribution in [1.29, 1.82) is 0 Å². The summed E-state index contributed by atoms with van der Waals surface area (Å²) in [5.41, 5.74) is 8.19. The molecule has 1 aliphatic heterocycles. The van der Waals surface area contributed by atoms with Crippen LogP contribution in [0.4, 0.5) is 5.69 Å². The average Bonchev–Trinajstić information content (AvgIpc) is 2.97. The molecule has 1 aromatic heterocycles. The van der Waals surface area contributed by atoms with Crippen molar-refractivity contribution in [2.75, 3.05) is 12.3 Å². The van der Waals surface area contributed by atoms with Crippen molar-refractivity contribution in [3.05, 3.63) is 59.9 Å². The van der Waals surface area contributed by atoms with E-state index in [1.54, 1.807) is 24.5 Å². The number of nitrogen functional groups attached to an aromatic ring is 1. The zero-order valence-electron chi connectivity index (χ0n) is 11.2. The van der Waals surface area contributed by atoms with E-state index in [0.29, 0.717) is 11.3 Å². The number of rotatable bonds is 2. The molecule has 0 bridgehead atoms. The Bertz CT molecular complexity index is 612. The topological polar surface area (TPSA) is 59.2 Å². The Hall–Kier alpha value is -2.36. The van der Waals surface area contributed by atoms with Crippen LogP contribution in [0.3, 0.4) is 0 Å². The number of hydrogen-bond acceptors (Lipinski definition) is 3. The molecular weight excluding hydrogens is 250 g/mol. The summed E-state index contributed by atoms with van der Waals surface area (Å²) >= 11 is 0. The molecule has 2 heterocycles. The Balaban J connectivity index is 1.87. The highest BCUT2D eigenvalue weighted by molar-refractivity contribution is 5.95. The van der Waals surface area contributed by atoms with E-state index < -0.39 is 0 Å². The van der Waals surface area contributed by atoms with Gasteiger partial charge in [-0.05, 0) is 48.7 Å². The fraction of sp³-hybridized carbons (Fsp3) is 0.250. The van der Waals surface area contributed by atoms with Crippen molar-refractivity contribution in [3.63, 3.8) is 0 Å². The number of pyridine rings is 1. The lowest BCUT2D eigenvalue weighted by molar-refractivity contribution is 0.0735. The van der Waals surface area contributed by atoms with Gasteiger partial charge < -0.3 is 10.6 Å². The highest BCUT2D eigenvalue weighted by Crippen LogP contribution is 2.32. The van der Waals surface area contributed by atoms with Gasteiger partial charge in [-0.2, -0.15) is 0 Å². The van der Waals surface area contributed by atoms with Gasteiger partial charge in [-0.1, -0.05) is 6.07 Å². The summed E-state index contributed by atoms with van der Waals surface area (Å²) in [4.78, 5) is 18.6. The van der Waals surface area contributed by atoms with Crippen molar-refractivity contribution in [3.8, 4) is 0 Å². The summed E-state index contributed by atoms with van der Waals surface area (Å²) in [7, 11) is 0. The number of carbonyl (C=O) groups excluding carboxylic acids is 1. The predicted octanol–water partition coefficient (Wildman–Crippen LogP) is 2.64. The van der Waals surface area contributed by atoms with E-state index >= 15 is 0 Å². The molecule has 1 fully saturated rings. The molecule has 4 nitrogen and oxygen atoms in total. The molecule has 102 valence electrons. The summed E-state index contributed by atoms with van der Waals surface area (Å²) < 4.78 is 0. The van der Waals surface area contributed by atoms with E-state index in [-0.39, 0.29) is 11.9 Å². The maximum Gasteiger partial charge on any atom is 0.254 e. The second kappa shape index (κ2) is 5.33. The number of likely N-dealkylation sites (tertiary alicyclic amines) is 1. The first-order valence-electron chi connectivity index (χ1n) is 6.82. The molecule has 0 aliphatic carbocycles. The molecule has 1 saturated heterocycles. The van der Waals surface area contributed by atoms with E-state index in [1.165, 1.54) is 0 Å². The molecular formula is C16H17N3O. The van der Waals surface area contributed by atoms with Gasteiger partial charge in [-0.15, -0.1) is 0 Å². The summed E-state index contributed by atoms with van der Waals surface area (Å²) in [6.07, 6.45) is 5.58. The van der Waals surface area contributed by atoms with Crippen molar-refractivity contribution < 1.29 is 4.79 Å². The van der Waals surface area contributed by atoms with Crippen molar-refractivity contribution in [1.82, 2.24) is 9.88 Å². The standard InChI is InChI=1S/C16H17N3O/c17-14-4-1-3-13(11-14)16(20)19-10-2-5-15(19)12-6-8-18-9-7-12/h1,3-4,6-9,11,15H,2,5,10,17H2. The smallest absolute Gasteiger partial charge is 0.254 e. The van der Waals surface area contributed by atoms with Crippen molar-refractivity contribution in [2.24, 2.45) is 0 Å². The molecule has 0 radical (unpaired) electrons. The van der Waals surface area contributed by atoms with Crippen LogP contribution in [0.25, 0.3) is 0 Å². The fourth-order valence-corrected chi connectivity index (χ4v) is 2.78. The van der Waals surface area contributed by atoms with Gasteiger partial charge in [0.1, 0.15) is 0 Å². The number of benzene rings is 1. The van der Waals surface area contributed by atoms with Gasteiger partial charge in [-0.25, -0.2) is 0 Å². The van der Waals surface area contributed by atoms with E-state index in [4.69, 9.17) is 5.73 Å². The maximum atomic E-state index is 12.6. The maximum absolute atomic E-state index is 12.6. The largest absolute Gasteiger partial charge is 0.399 e. The third kappa shape index (κ3) is 2.37. The van der Waals surface area contributed by atoms with Crippen LogP contribution in [0, 0.1) is 0 Å². The highest BCUT2D eigenvalue weighted by Gasteiger charge is 2.30. The second-order valence-electron chi connectivity index (χ2n) is 5.06. The van der Waals surface area contributed by atoms with Crippen molar-refractivity contribution in [2.45, 2.75) is 18.9 Å².